The Hall–Kier alpha value is -3.23. The number of nitrogens with one attached hydrogen (secondary N) is 1. The number of hydrogen-bond acceptors (Lipinski definition) is 4. The van der Waals surface area contributed by atoms with Gasteiger partial charge in [0.25, 0.3) is 0 Å². The molecule has 2 amide bonds. The highest BCUT2D eigenvalue weighted by Gasteiger charge is 2.32. The first-order chi connectivity index (χ1) is 17.6. The molecule has 2 atom stereocenters. The Balaban J connectivity index is 1.88. The molecule has 0 spiro atoms. The van der Waals surface area contributed by atoms with Gasteiger partial charge in [0.1, 0.15) is 6.04 Å². The highest BCUT2D eigenvalue weighted by Crippen LogP contribution is 2.22. The van der Waals surface area contributed by atoms with Crippen molar-refractivity contribution in [1.82, 2.24) is 14.5 Å². The van der Waals surface area contributed by atoms with Gasteiger partial charge in [-0.05, 0) is 55.2 Å². The average molecular weight is 524 g/mol. The van der Waals surface area contributed by atoms with Crippen molar-refractivity contribution in [3.63, 3.8) is 0 Å². The summed E-state index contributed by atoms with van der Waals surface area (Å²) in [4.78, 5) is 28.4. The molecular weight excluding hydrogens is 486 g/mol. The van der Waals surface area contributed by atoms with Gasteiger partial charge in [0.15, 0.2) is 0 Å². The summed E-state index contributed by atoms with van der Waals surface area (Å²) in [5.41, 5.74) is 1.92. The zero-order valence-corrected chi connectivity index (χ0v) is 23.1. The van der Waals surface area contributed by atoms with Crippen LogP contribution in [-0.4, -0.2) is 55.1 Å². The number of aryl methyl sites for hydroxylation is 1. The lowest BCUT2D eigenvalue weighted by atomic mass is 10.1. The van der Waals surface area contributed by atoms with Gasteiger partial charge in [-0.2, -0.15) is 4.31 Å². The number of fused-ring (bicyclic) bond motifs is 1. The van der Waals surface area contributed by atoms with Crippen molar-refractivity contribution < 1.29 is 18.0 Å². The van der Waals surface area contributed by atoms with Crippen LogP contribution in [0.25, 0.3) is 10.8 Å². The third-order valence-electron chi connectivity index (χ3n) is 6.61. The molecule has 0 aliphatic carbocycles. The summed E-state index contributed by atoms with van der Waals surface area (Å²) in [6, 6.07) is 19.4. The van der Waals surface area contributed by atoms with Crippen LogP contribution in [0.5, 0.6) is 0 Å². The van der Waals surface area contributed by atoms with E-state index in [4.69, 9.17) is 0 Å². The van der Waals surface area contributed by atoms with E-state index in [0.717, 1.165) is 32.6 Å². The highest BCUT2D eigenvalue weighted by molar-refractivity contribution is 7.89. The summed E-state index contributed by atoms with van der Waals surface area (Å²) in [6.07, 6.45) is 1.17. The Morgan fingerprint density at radius 3 is 2.27 bits per heavy atom. The second-order valence-corrected chi connectivity index (χ2v) is 11.6. The Kier molecular flexibility index (Phi) is 9.45. The molecule has 0 heterocycles. The van der Waals surface area contributed by atoms with Gasteiger partial charge in [0, 0.05) is 19.6 Å². The largest absolute Gasteiger partial charge is 0.352 e. The van der Waals surface area contributed by atoms with Crippen LogP contribution in [0.3, 0.4) is 0 Å². The second kappa shape index (κ2) is 12.3. The number of likely N-dealkylation sites (N-methyl/N-ethyl adjacent to an activating group) is 1. The standard InChI is InChI=1S/C29H37N3O4S/c1-6-22(4)30-29(34)27(7-2)32(19-23-12-10-11-21(3)17-23)28(33)20-31(5)37(35,36)26-16-15-24-13-8-9-14-25(24)18-26/h8-18,22,27H,6-7,19-20H2,1-5H3,(H,30,34)/t22-,27+/m0/s1. The number of hydrogen-bond donors (Lipinski definition) is 1. The fourth-order valence-corrected chi connectivity index (χ4v) is 5.40. The normalized spacial score (nSPS) is 13.4. The van der Waals surface area contributed by atoms with Crippen LogP contribution in [0.2, 0.25) is 0 Å². The molecule has 0 saturated carbocycles. The summed E-state index contributed by atoms with van der Waals surface area (Å²) in [7, 11) is -2.53. The molecule has 1 N–H and O–H groups in total. The number of amides is 2. The molecule has 0 radical (unpaired) electrons. The Morgan fingerprint density at radius 2 is 1.62 bits per heavy atom. The molecule has 0 fully saturated rings. The zero-order chi connectivity index (χ0) is 27.2. The van der Waals surface area contributed by atoms with Gasteiger partial charge < -0.3 is 10.2 Å². The molecular formula is C29H37N3O4S. The summed E-state index contributed by atoms with van der Waals surface area (Å²) in [6.45, 7) is 7.54. The molecule has 0 bridgehead atoms. The Morgan fingerprint density at radius 1 is 0.919 bits per heavy atom. The molecule has 0 aliphatic rings. The van der Waals surface area contributed by atoms with Gasteiger partial charge in [-0.15, -0.1) is 0 Å². The van der Waals surface area contributed by atoms with Crippen LogP contribution in [-0.2, 0) is 26.2 Å². The average Bonchev–Trinajstić information content (AvgIpc) is 2.88. The Bertz CT molecular complexity index is 1360. The first-order valence-corrected chi connectivity index (χ1v) is 14.1. The van der Waals surface area contributed by atoms with Gasteiger partial charge in [0.2, 0.25) is 21.8 Å². The van der Waals surface area contributed by atoms with Gasteiger partial charge >= 0.3 is 0 Å². The number of rotatable bonds is 11. The number of sulfonamides is 1. The minimum absolute atomic E-state index is 0.0339. The van der Waals surface area contributed by atoms with Crippen molar-refractivity contribution in [3.05, 3.63) is 77.9 Å². The van der Waals surface area contributed by atoms with Crippen molar-refractivity contribution in [1.29, 1.82) is 0 Å². The molecule has 0 unspecified atom stereocenters. The van der Waals surface area contributed by atoms with E-state index < -0.39 is 22.0 Å². The number of carbonyl (C=O) groups excluding carboxylic acids is 2. The van der Waals surface area contributed by atoms with Crippen molar-refractivity contribution in [2.24, 2.45) is 0 Å². The molecule has 7 nitrogen and oxygen atoms in total. The van der Waals surface area contributed by atoms with Gasteiger partial charge in [-0.25, -0.2) is 8.42 Å². The van der Waals surface area contributed by atoms with Crippen LogP contribution in [0.4, 0.5) is 0 Å². The minimum Gasteiger partial charge on any atom is -0.352 e. The minimum atomic E-state index is -3.93. The third-order valence-corrected chi connectivity index (χ3v) is 8.41. The van der Waals surface area contributed by atoms with Crippen LogP contribution < -0.4 is 5.32 Å². The van der Waals surface area contributed by atoms with Crippen LogP contribution in [0, 0.1) is 6.92 Å². The SMILES string of the molecule is CC[C@H](C(=O)N[C@@H](C)CC)N(Cc1cccc(C)c1)C(=O)CN(C)S(=O)(=O)c1ccc2ccccc2c1. The van der Waals surface area contributed by atoms with Crippen molar-refractivity contribution in [2.75, 3.05) is 13.6 Å². The number of nitrogens with zero attached hydrogens (tertiary/aromatic N) is 2. The smallest absolute Gasteiger partial charge is 0.243 e. The maximum Gasteiger partial charge on any atom is 0.243 e. The van der Waals surface area contributed by atoms with E-state index in [1.165, 1.54) is 11.9 Å². The highest BCUT2D eigenvalue weighted by atomic mass is 32.2. The quantitative estimate of drug-likeness (QED) is 0.401. The van der Waals surface area contributed by atoms with Gasteiger partial charge in [-0.1, -0.05) is 74.0 Å². The first kappa shape index (κ1) is 28.3. The predicted molar refractivity (Wildman–Crippen MR) is 147 cm³/mol. The van der Waals surface area contributed by atoms with Gasteiger partial charge in [-0.3, -0.25) is 9.59 Å². The molecule has 0 aromatic heterocycles. The lowest BCUT2D eigenvalue weighted by Crippen LogP contribution is -2.53. The van der Waals surface area contributed by atoms with E-state index in [0.29, 0.717) is 6.42 Å². The topological polar surface area (TPSA) is 86.8 Å². The van der Waals surface area contributed by atoms with Crippen molar-refractivity contribution >= 4 is 32.6 Å². The predicted octanol–water partition coefficient (Wildman–Crippen LogP) is 4.49. The molecule has 3 aromatic rings. The molecule has 0 aliphatic heterocycles. The van der Waals surface area contributed by atoms with Crippen LogP contribution in [0.15, 0.2) is 71.6 Å². The molecule has 198 valence electrons. The zero-order valence-electron chi connectivity index (χ0n) is 22.3. The van der Waals surface area contributed by atoms with Crippen molar-refractivity contribution in [3.8, 4) is 0 Å². The molecule has 37 heavy (non-hydrogen) atoms. The molecule has 8 heteroatoms. The third kappa shape index (κ3) is 6.96. The fraction of sp³-hybridized carbons (Fsp3) is 0.379. The van der Waals surface area contributed by atoms with E-state index in [9.17, 15) is 18.0 Å². The monoisotopic (exact) mass is 523 g/mol. The van der Waals surface area contributed by atoms with E-state index in [-0.39, 0.29) is 29.9 Å². The lowest BCUT2D eigenvalue weighted by molar-refractivity contribution is -0.141. The van der Waals surface area contributed by atoms with Crippen LogP contribution in [0.1, 0.15) is 44.7 Å². The van der Waals surface area contributed by atoms with E-state index in [1.807, 2.05) is 76.2 Å². The molecule has 3 aromatic carbocycles. The summed E-state index contributed by atoms with van der Waals surface area (Å²) >= 11 is 0. The maximum atomic E-state index is 13.6. The first-order valence-electron chi connectivity index (χ1n) is 12.7. The van der Waals surface area contributed by atoms with E-state index >= 15 is 0 Å². The van der Waals surface area contributed by atoms with Gasteiger partial charge in [0.05, 0.1) is 11.4 Å². The number of carbonyl (C=O) groups is 2. The molecule has 0 saturated heterocycles. The summed E-state index contributed by atoms with van der Waals surface area (Å²) in [5.74, 6) is -0.669. The summed E-state index contributed by atoms with van der Waals surface area (Å²) < 4.78 is 27.8. The van der Waals surface area contributed by atoms with Crippen LogP contribution >= 0.6 is 0 Å². The Labute approximate surface area is 220 Å². The molecule has 3 rings (SSSR count). The second-order valence-electron chi connectivity index (χ2n) is 9.52. The lowest BCUT2D eigenvalue weighted by Gasteiger charge is -2.32. The summed E-state index contributed by atoms with van der Waals surface area (Å²) in [5, 5.41) is 4.71. The van der Waals surface area contributed by atoms with E-state index in [1.54, 1.807) is 18.2 Å². The number of benzene rings is 3. The fourth-order valence-electron chi connectivity index (χ4n) is 4.24. The maximum absolute atomic E-state index is 13.6. The van der Waals surface area contributed by atoms with E-state index in [2.05, 4.69) is 5.32 Å². The van der Waals surface area contributed by atoms with Crippen molar-refractivity contribution in [2.45, 2.75) is 64.1 Å².